The van der Waals surface area contributed by atoms with E-state index in [2.05, 4.69) is 4.74 Å². The van der Waals surface area contributed by atoms with Crippen molar-refractivity contribution < 1.29 is 32.2 Å². The van der Waals surface area contributed by atoms with Crippen molar-refractivity contribution in [2.75, 3.05) is 13.7 Å². The summed E-state index contributed by atoms with van der Waals surface area (Å²) in [6.45, 7) is 1.36. The highest BCUT2D eigenvalue weighted by Crippen LogP contribution is 2.51. The third kappa shape index (κ3) is 3.25. The van der Waals surface area contributed by atoms with E-state index in [0.717, 1.165) is 6.08 Å². The van der Waals surface area contributed by atoms with Crippen LogP contribution in [0.15, 0.2) is 5.57 Å². The first-order valence-electron chi connectivity index (χ1n) is 6.49. The number of carbonyl (C=O) groups excluding carboxylic acids is 1. The molecule has 0 aliphatic carbocycles. The summed E-state index contributed by atoms with van der Waals surface area (Å²) in [6.07, 6.45) is -6.51. The Balaban J connectivity index is 2.72. The smallest absolute Gasteiger partial charge is 0.430 e. The summed E-state index contributed by atoms with van der Waals surface area (Å²) in [4.78, 5) is 11.9. The van der Waals surface area contributed by atoms with Crippen LogP contribution in [-0.4, -0.2) is 32.0 Å². The van der Waals surface area contributed by atoms with Crippen molar-refractivity contribution >= 4 is 46.8 Å². The summed E-state index contributed by atoms with van der Waals surface area (Å²) in [5, 5.41) is -0.637. The second-order valence-electron chi connectivity index (χ2n) is 4.58. The van der Waals surface area contributed by atoms with Gasteiger partial charge in [0.25, 0.3) is 0 Å². The van der Waals surface area contributed by atoms with Crippen molar-refractivity contribution in [1.29, 1.82) is 0 Å². The highest BCUT2D eigenvalue weighted by molar-refractivity contribution is 6.46. The molecule has 4 nitrogen and oxygen atoms in total. The number of ether oxygens (including phenoxy) is 3. The molecule has 2 rings (SSSR count). The zero-order chi connectivity index (χ0) is 18.2. The Hall–Kier alpha value is -1.31. The van der Waals surface area contributed by atoms with E-state index in [9.17, 15) is 18.0 Å². The van der Waals surface area contributed by atoms with Gasteiger partial charge in [-0.05, 0) is 13.0 Å². The number of esters is 1. The summed E-state index contributed by atoms with van der Waals surface area (Å²) < 4.78 is 54.3. The fraction of sp³-hybridized carbons (Fsp3) is 0.357. The zero-order valence-corrected chi connectivity index (χ0v) is 14.5. The first kappa shape index (κ1) is 19.0. The van der Waals surface area contributed by atoms with Gasteiger partial charge in [-0.1, -0.05) is 34.8 Å². The average Bonchev–Trinajstić information content (AvgIpc) is 2.51. The minimum absolute atomic E-state index is 0.0457. The van der Waals surface area contributed by atoms with Crippen LogP contribution in [0.2, 0.25) is 15.1 Å². The van der Waals surface area contributed by atoms with E-state index < -0.39 is 23.8 Å². The molecular weight excluding hydrogens is 396 g/mol. The Bertz CT molecular complexity index is 716. The molecule has 1 heterocycles. The van der Waals surface area contributed by atoms with Crippen LogP contribution in [0.5, 0.6) is 11.5 Å². The van der Waals surface area contributed by atoms with Crippen LogP contribution in [0, 0.1) is 0 Å². The zero-order valence-electron chi connectivity index (χ0n) is 12.3. The monoisotopic (exact) mass is 404 g/mol. The van der Waals surface area contributed by atoms with Crippen molar-refractivity contribution in [3.63, 3.8) is 0 Å². The predicted molar refractivity (Wildman–Crippen MR) is 83.1 cm³/mol. The average molecular weight is 406 g/mol. The number of benzene rings is 1. The summed E-state index contributed by atoms with van der Waals surface area (Å²) in [7, 11) is 1.26. The molecular formula is C14H10Cl3F3O4. The van der Waals surface area contributed by atoms with Crippen LogP contribution in [0.1, 0.15) is 12.5 Å². The van der Waals surface area contributed by atoms with Gasteiger partial charge in [0.05, 0.1) is 24.3 Å². The Morgan fingerprint density at radius 1 is 1.25 bits per heavy atom. The van der Waals surface area contributed by atoms with E-state index in [1.807, 2.05) is 0 Å². The van der Waals surface area contributed by atoms with E-state index in [1.165, 1.54) is 14.0 Å². The number of methoxy groups -OCH3 is 1. The SMILES string of the molecule is CCOC(=O)C1=Cc2c(Cl)c(OC)c(Cl)c(Cl)c2OC1C(F)(F)F. The molecule has 1 aliphatic rings. The third-order valence-electron chi connectivity index (χ3n) is 3.10. The summed E-state index contributed by atoms with van der Waals surface area (Å²) in [5.41, 5.74) is -0.800. The van der Waals surface area contributed by atoms with Gasteiger partial charge in [-0.2, -0.15) is 13.2 Å². The Morgan fingerprint density at radius 3 is 2.38 bits per heavy atom. The van der Waals surface area contributed by atoms with E-state index in [4.69, 9.17) is 44.3 Å². The lowest BCUT2D eigenvalue weighted by Gasteiger charge is -2.29. The number of hydrogen-bond donors (Lipinski definition) is 0. The molecule has 1 aromatic rings. The van der Waals surface area contributed by atoms with Gasteiger partial charge >= 0.3 is 12.1 Å². The minimum atomic E-state index is -4.88. The Morgan fingerprint density at radius 2 is 1.88 bits per heavy atom. The molecule has 0 N–H and O–H groups in total. The van der Waals surface area contributed by atoms with Gasteiger partial charge in [0.15, 0.2) is 5.75 Å². The van der Waals surface area contributed by atoms with Crippen LogP contribution in [0.3, 0.4) is 0 Å². The summed E-state index contributed by atoms with van der Waals surface area (Å²) in [6, 6.07) is 0. The highest BCUT2D eigenvalue weighted by Gasteiger charge is 2.49. The van der Waals surface area contributed by atoms with E-state index in [-0.39, 0.29) is 38.7 Å². The molecule has 10 heteroatoms. The maximum atomic E-state index is 13.3. The minimum Gasteiger partial charge on any atom is -0.494 e. The largest absolute Gasteiger partial charge is 0.494 e. The standard InChI is InChI=1S/C14H10Cl3F3O4/c1-3-23-13(21)6-4-5-7(15)11(22-2)9(17)8(16)10(5)24-12(6)14(18,19)20/h4,12H,3H2,1-2H3. The molecule has 0 bridgehead atoms. The molecule has 0 saturated heterocycles. The number of halogens is 6. The number of fused-ring (bicyclic) bond motifs is 1. The van der Waals surface area contributed by atoms with E-state index >= 15 is 0 Å². The molecule has 132 valence electrons. The number of alkyl halides is 3. The van der Waals surface area contributed by atoms with E-state index in [1.54, 1.807) is 0 Å². The summed E-state index contributed by atoms with van der Waals surface area (Å²) in [5.74, 6) is -1.61. The molecule has 1 unspecified atom stereocenters. The molecule has 0 aromatic heterocycles. The van der Waals surface area contributed by atoms with Gasteiger partial charge in [-0.3, -0.25) is 0 Å². The first-order chi connectivity index (χ1) is 11.1. The maximum Gasteiger partial charge on any atom is 0.430 e. The molecule has 0 spiro atoms. The first-order valence-corrected chi connectivity index (χ1v) is 7.63. The van der Waals surface area contributed by atoms with Crippen molar-refractivity contribution in [3.8, 4) is 11.5 Å². The van der Waals surface area contributed by atoms with Crippen LogP contribution < -0.4 is 9.47 Å². The van der Waals surface area contributed by atoms with Gasteiger partial charge in [-0.25, -0.2) is 4.79 Å². The van der Waals surface area contributed by atoms with Crippen molar-refractivity contribution in [3.05, 3.63) is 26.2 Å². The van der Waals surface area contributed by atoms with Gasteiger partial charge in [-0.15, -0.1) is 0 Å². The fourth-order valence-electron chi connectivity index (χ4n) is 2.10. The number of hydrogen-bond acceptors (Lipinski definition) is 4. The van der Waals surface area contributed by atoms with Gasteiger partial charge in [0.1, 0.15) is 15.8 Å². The molecule has 0 amide bonds. The highest BCUT2D eigenvalue weighted by atomic mass is 35.5. The van der Waals surface area contributed by atoms with Crippen molar-refractivity contribution in [2.45, 2.75) is 19.2 Å². The molecule has 24 heavy (non-hydrogen) atoms. The van der Waals surface area contributed by atoms with Crippen molar-refractivity contribution in [2.24, 2.45) is 0 Å². The number of carbonyl (C=O) groups is 1. The molecule has 0 radical (unpaired) electrons. The molecule has 0 fully saturated rings. The van der Waals surface area contributed by atoms with Crippen LogP contribution in [0.4, 0.5) is 13.2 Å². The van der Waals surface area contributed by atoms with E-state index in [0.29, 0.717) is 0 Å². The molecule has 1 aromatic carbocycles. The van der Waals surface area contributed by atoms with Crippen LogP contribution >= 0.6 is 34.8 Å². The molecule has 0 saturated carbocycles. The molecule has 1 atom stereocenters. The third-order valence-corrected chi connectivity index (χ3v) is 4.30. The Labute approximate surface area is 150 Å². The molecule has 1 aliphatic heterocycles. The Kier molecular flexibility index (Phi) is 5.47. The summed E-state index contributed by atoms with van der Waals surface area (Å²) >= 11 is 18.0. The number of rotatable bonds is 3. The topological polar surface area (TPSA) is 44.8 Å². The fourth-order valence-corrected chi connectivity index (χ4v) is 2.95. The second kappa shape index (κ2) is 6.90. The normalized spacial score (nSPS) is 16.8. The van der Waals surface area contributed by atoms with Gasteiger partial charge in [0.2, 0.25) is 6.10 Å². The predicted octanol–water partition coefficient (Wildman–Crippen LogP) is 4.93. The van der Waals surface area contributed by atoms with Crippen molar-refractivity contribution in [1.82, 2.24) is 0 Å². The van der Waals surface area contributed by atoms with Gasteiger partial charge < -0.3 is 14.2 Å². The lowest BCUT2D eigenvalue weighted by molar-refractivity contribution is -0.187. The van der Waals surface area contributed by atoms with Crippen LogP contribution in [-0.2, 0) is 9.53 Å². The van der Waals surface area contributed by atoms with Crippen LogP contribution in [0.25, 0.3) is 6.08 Å². The lowest BCUT2D eigenvalue weighted by Crippen LogP contribution is -2.41. The second-order valence-corrected chi connectivity index (χ2v) is 5.71. The maximum absolute atomic E-state index is 13.3. The van der Waals surface area contributed by atoms with Gasteiger partial charge in [0, 0.05) is 5.56 Å². The quantitative estimate of drug-likeness (QED) is 0.529. The lowest BCUT2D eigenvalue weighted by atomic mass is 10.0.